The van der Waals surface area contributed by atoms with Crippen LogP contribution in [0.25, 0.3) is 10.9 Å². The lowest BCUT2D eigenvalue weighted by molar-refractivity contribution is 0.0544. The maximum atomic E-state index is 12.3. The lowest BCUT2D eigenvalue weighted by Crippen LogP contribution is -2.26. The molecule has 0 fully saturated rings. The second kappa shape index (κ2) is 6.75. The van der Waals surface area contributed by atoms with E-state index >= 15 is 0 Å². The van der Waals surface area contributed by atoms with Crippen molar-refractivity contribution in [1.82, 2.24) is 9.88 Å². The number of amidine groups is 1. The Morgan fingerprint density at radius 1 is 1.39 bits per heavy atom. The zero-order valence-corrected chi connectivity index (χ0v) is 14.3. The molecule has 1 aromatic carbocycles. The number of hydrogen-bond acceptors (Lipinski definition) is 5. The molecule has 2 aromatic rings. The zero-order valence-electron chi connectivity index (χ0n) is 13.5. The number of fused-ring (bicyclic) bond motifs is 1. The molecule has 6 nitrogen and oxygen atoms in total. The van der Waals surface area contributed by atoms with Crippen LogP contribution in [0.4, 0.5) is 10.5 Å². The average Bonchev–Trinajstić information content (AvgIpc) is 2.90. The number of thioether (sulfide) groups is 1. The van der Waals surface area contributed by atoms with Gasteiger partial charge in [-0.15, -0.1) is 0 Å². The molecule has 0 saturated heterocycles. The van der Waals surface area contributed by atoms with Crippen LogP contribution in [0.1, 0.15) is 20.8 Å². The number of rotatable bonds is 1. The lowest BCUT2D eigenvalue weighted by Gasteiger charge is -2.19. The minimum atomic E-state index is -0.563. The van der Waals surface area contributed by atoms with Gasteiger partial charge in [-0.3, -0.25) is 9.88 Å². The Morgan fingerprint density at radius 3 is 2.74 bits per heavy atom. The van der Waals surface area contributed by atoms with Crippen LogP contribution in [-0.2, 0) is 4.74 Å². The number of aliphatic imine (C=N–C) groups is 1. The first-order valence-corrected chi connectivity index (χ1v) is 8.19. The Bertz CT molecular complexity index is 796. The summed E-state index contributed by atoms with van der Waals surface area (Å²) in [6, 6.07) is 7.28. The van der Waals surface area contributed by atoms with Gasteiger partial charge in [0, 0.05) is 11.6 Å². The minimum absolute atomic E-state index is 0.436. The summed E-state index contributed by atoms with van der Waals surface area (Å²) in [6.07, 6.45) is 4.91. The number of nitrogens with zero attached hydrogens (tertiary/aromatic N) is 3. The maximum Gasteiger partial charge on any atom is 0.418 e. The Labute approximate surface area is 139 Å². The van der Waals surface area contributed by atoms with Gasteiger partial charge in [-0.05, 0) is 45.2 Å². The topological polar surface area (TPSA) is 79.4 Å². The third-order valence-electron chi connectivity index (χ3n) is 2.88. The molecule has 0 aliphatic carbocycles. The van der Waals surface area contributed by atoms with E-state index in [1.54, 1.807) is 6.20 Å². The van der Waals surface area contributed by atoms with Crippen LogP contribution in [-0.4, -0.2) is 27.7 Å². The van der Waals surface area contributed by atoms with E-state index in [9.17, 15) is 4.79 Å². The molecule has 0 atom stereocenters. The largest absolute Gasteiger partial charge is 0.443 e. The van der Waals surface area contributed by atoms with Gasteiger partial charge in [-0.2, -0.15) is 5.26 Å². The molecule has 0 amide bonds. The van der Waals surface area contributed by atoms with Gasteiger partial charge in [0.25, 0.3) is 0 Å². The summed E-state index contributed by atoms with van der Waals surface area (Å²) in [4.78, 5) is 16.7. The van der Waals surface area contributed by atoms with E-state index in [2.05, 4.69) is 10.3 Å². The number of carbonyl (C=O) groups excluding carboxylic acids is 1. The lowest BCUT2D eigenvalue weighted by atomic mass is 10.2. The van der Waals surface area contributed by atoms with Gasteiger partial charge >= 0.3 is 6.09 Å². The predicted octanol–water partition coefficient (Wildman–Crippen LogP) is 3.85. The van der Waals surface area contributed by atoms with Gasteiger partial charge in [-0.1, -0.05) is 17.8 Å². The summed E-state index contributed by atoms with van der Waals surface area (Å²) in [5.41, 5.74) is 0.821. The van der Waals surface area contributed by atoms with E-state index < -0.39 is 11.7 Å². The molecule has 0 aliphatic rings. The third-order valence-corrected chi connectivity index (χ3v) is 3.46. The number of carbonyl (C=O) groups is 1. The Morgan fingerprint density at radius 2 is 2.13 bits per heavy atom. The summed E-state index contributed by atoms with van der Waals surface area (Å²) in [6.45, 7) is 5.47. The van der Waals surface area contributed by atoms with Gasteiger partial charge in [0.05, 0.1) is 11.2 Å². The molecule has 1 heterocycles. The summed E-state index contributed by atoms with van der Waals surface area (Å²) in [7, 11) is 0. The van der Waals surface area contributed by atoms with Crippen LogP contribution in [0.3, 0.4) is 0 Å². The normalized spacial score (nSPS) is 12.0. The maximum absolute atomic E-state index is 12.3. The molecular weight excluding hydrogens is 312 g/mol. The van der Waals surface area contributed by atoms with Crippen molar-refractivity contribution in [3.63, 3.8) is 0 Å². The van der Waals surface area contributed by atoms with Crippen molar-refractivity contribution in [3.8, 4) is 6.19 Å². The molecule has 1 aromatic heterocycles. The van der Waals surface area contributed by atoms with Gasteiger partial charge in [0.15, 0.2) is 11.4 Å². The Hall–Kier alpha value is -2.46. The first kappa shape index (κ1) is 16.9. The van der Waals surface area contributed by atoms with E-state index in [0.29, 0.717) is 16.4 Å². The fourth-order valence-electron chi connectivity index (χ4n) is 2.00. The highest BCUT2D eigenvalue weighted by atomic mass is 32.2. The SMILES string of the molecule is CSC(=Nc1cccc2c1ccn2C(=O)OC(C)(C)C)NC#N. The number of aromatic nitrogens is 1. The van der Waals surface area contributed by atoms with Crippen LogP contribution in [0, 0.1) is 11.5 Å². The van der Waals surface area contributed by atoms with Crippen LogP contribution >= 0.6 is 11.8 Å². The van der Waals surface area contributed by atoms with Crippen molar-refractivity contribution in [3.05, 3.63) is 30.5 Å². The number of nitriles is 1. The average molecular weight is 330 g/mol. The molecule has 0 unspecified atom stereocenters. The molecule has 0 bridgehead atoms. The molecule has 2 rings (SSSR count). The fourth-order valence-corrected chi connectivity index (χ4v) is 2.34. The number of ether oxygens (including phenoxy) is 1. The summed E-state index contributed by atoms with van der Waals surface area (Å²) in [5.74, 6) is 0. The van der Waals surface area contributed by atoms with E-state index in [1.807, 2.05) is 57.5 Å². The Balaban J connectivity index is 2.45. The molecule has 1 N–H and O–H groups in total. The molecule has 23 heavy (non-hydrogen) atoms. The quantitative estimate of drug-likeness (QED) is 0.372. The number of nitrogens with one attached hydrogen (secondary N) is 1. The second-order valence-corrected chi connectivity index (χ2v) is 6.53. The fraction of sp³-hybridized carbons (Fsp3) is 0.312. The van der Waals surface area contributed by atoms with E-state index in [1.165, 1.54) is 16.3 Å². The molecule has 0 aliphatic heterocycles. The molecule has 120 valence electrons. The van der Waals surface area contributed by atoms with E-state index in [4.69, 9.17) is 10.00 Å². The highest BCUT2D eigenvalue weighted by Crippen LogP contribution is 2.28. The van der Waals surface area contributed by atoms with E-state index in [0.717, 1.165) is 5.39 Å². The van der Waals surface area contributed by atoms with Crippen LogP contribution < -0.4 is 5.32 Å². The highest BCUT2D eigenvalue weighted by Gasteiger charge is 2.19. The van der Waals surface area contributed by atoms with Gasteiger partial charge in [-0.25, -0.2) is 9.79 Å². The molecule has 0 spiro atoms. The van der Waals surface area contributed by atoms with Crippen molar-refractivity contribution < 1.29 is 9.53 Å². The first-order valence-electron chi connectivity index (χ1n) is 6.97. The van der Waals surface area contributed by atoms with Crippen molar-refractivity contribution in [2.75, 3.05) is 6.26 Å². The van der Waals surface area contributed by atoms with Gasteiger partial charge in [0.1, 0.15) is 5.60 Å². The molecule has 7 heteroatoms. The second-order valence-electron chi connectivity index (χ2n) is 5.73. The minimum Gasteiger partial charge on any atom is -0.443 e. The van der Waals surface area contributed by atoms with Crippen molar-refractivity contribution in [1.29, 1.82) is 5.26 Å². The molecule has 0 radical (unpaired) electrons. The van der Waals surface area contributed by atoms with Crippen molar-refractivity contribution >= 4 is 39.6 Å². The first-order chi connectivity index (χ1) is 10.9. The highest BCUT2D eigenvalue weighted by molar-refractivity contribution is 8.13. The monoisotopic (exact) mass is 330 g/mol. The zero-order chi connectivity index (χ0) is 17.0. The third kappa shape index (κ3) is 4.05. The van der Waals surface area contributed by atoms with E-state index in [-0.39, 0.29) is 0 Å². The smallest absolute Gasteiger partial charge is 0.418 e. The van der Waals surface area contributed by atoms with Gasteiger partial charge < -0.3 is 4.74 Å². The summed E-state index contributed by atoms with van der Waals surface area (Å²) in [5, 5.41) is 12.6. The standard InChI is InChI=1S/C16H18N4O2S/c1-16(2,3)22-15(21)20-9-8-11-12(6-5-7-13(11)20)19-14(23-4)18-10-17/h5-9H,1-4H3,(H,18,19). The number of benzene rings is 1. The molecule has 0 saturated carbocycles. The van der Waals surface area contributed by atoms with Gasteiger partial charge in [0.2, 0.25) is 0 Å². The Kier molecular flexibility index (Phi) is 4.96. The van der Waals surface area contributed by atoms with Crippen molar-refractivity contribution in [2.24, 2.45) is 4.99 Å². The number of hydrogen-bond donors (Lipinski definition) is 1. The van der Waals surface area contributed by atoms with Crippen LogP contribution in [0.5, 0.6) is 0 Å². The van der Waals surface area contributed by atoms with Crippen molar-refractivity contribution in [2.45, 2.75) is 26.4 Å². The van der Waals surface area contributed by atoms with Crippen LogP contribution in [0.2, 0.25) is 0 Å². The summed E-state index contributed by atoms with van der Waals surface area (Å²) < 4.78 is 6.85. The predicted molar refractivity (Wildman–Crippen MR) is 92.9 cm³/mol. The van der Waals surface area contributed by atoms with Crippen LogP contribution in [0.15, 0.2) is 35.5 Å². The summed E-state index contributed by atoms with van der Waals surface area (Å²) >= 11 is 1.34. The molecular formula is C16H18N4O2S.